The van der Waals surface area contributed by atoms with Crippen molar-refractivity contribution in [1.29, 1.82) is 0 Å². The Morgan fingerprint density at radius 1 is 1.18 bits per heavy atom. The van der Waals surface area contributed by atoms with Crippen molar-refractivity contribution in [2.45, 2.75) is 20.4 Å². The van der Waals surface area contributed by atoms with Crippen molar-refractivity contribution in [3.05, 3.63) is 57.8 Å². The summed E-state index contributed by atoms with van der Waals surface area (Å²) >= 11 is 3.43. The van der Waals surface area contributed by atoms with Gasteiger partial charge in [-0.2, -0.15) is 0 Å². The van der Waals surface area contributed by atoms with Crippen LogP contribution in [0, 0.1) is 13.8 Å². The van der Waals surface area contributed by atoms with Crippen LogP contribution in [0.25, 0.3) is 0 Å². The van der Waals surface area contributed by atoms with E-state index in [1.807, 2.05) is 12.1 Å². The Bertz CT molecular complexity index is 523. The number of hydrogen-bond donors (Lipinski definition) is 1. The average molecular weight is 291 g/mol. The van der Waals surface area contributed by atoms with E-state index < -0.39 is 0 Å². The molecule has 0 aliphatic heterocycles. The van der Waals surface area contributed by atoms with Crippen molar-refractivity contribution in [1.82, 2.24) is 4.98 Å². The zero-order chi connectivity index (χ0) is 12.3. The van der Waals surface area contributed by atoms with Crippen LogP contribution >= 0.6 is 15.9 Å². The zero-order valence-electron chi connectivity index (χ0n) is 10.00. The van der Waals surface area contributed by atoms with Gasteiger partial charge in [0.25, 0.3) is 0 Å². The summed E-state index contributed by atoms with van der Waals surface area (Å²) in [4.78, 5) is 4.19. The molecule has 0 aliphatic rings. The molecule has 0 radical (unpaired) electrons. The van der Waals surface area contributed by atoms with Gasteiger partial charge in [-0.3, -0.25) is 0 Å². The number of hydrogen-bond acceptors (Lipinski definition) is 2. The van der Waals surface area contributed by atoms with Crippen molar-refractivity contribution >= 4 is 21.6 Å². The molecule has 0 spiro atoms. The maximum atomic E-state index is 4.19. The smallest absolute Gasteiger partial charge is 0.129 e. The number of halogens is 1. The van der Waals surface area contributed by atoms with E-state index in [4.69, 9.17) is 0 Å². The van der Waals surface area contributed by atoms with E-state index in [0.29, 0.717) is 0 Å². The zero-order valence-corrected chi connectivity index (χ0v) is 11.6. The first-order valence-corrected chi connectivity index (χ1v) is 6.37. The standard InChI is InChI=1S/C14H15BrN2/c1-10-5-3-6-12(11(10)2)9-17-13-7-4-8-16-14(13)15/h3-8,17H,9H2,1-2H3. The molecule has 2 nitrogen and oxygen atoms in total. The first kappa shape index (κ1) is 12.1. The first-order chi connectivity index (χ1) is 8.18. The maximum Gasteiger partial charge on any atom is 0.129 e. The molecule has 1 N–H and O–H groups in total. The summed E-state index contributed by atoms with van der Waals surface area (Å²) in [5, 5.41) is 3.39. The molecule has 0 saturated heterocycles. The number of anilines is 1. The van der Waals surface area contributed by atoms with Crippen molar-refractivity contribution in [2.24, 2.45) is 0 Å². The molecular formula is C14H15BrN2. The lowest BCUT2D eigenvalue weighted by atomic mass is 10.0. The van der Waals surface area contributed by atoms with Crippen LogP contribution in [0.5, 0.6) is 0 Å². The van der Waals surface area contributed by atoms with E-state index in [2.05, 4.69) is 58.3 Å². The SMILES string of the molecule is Cc1cccc(CNc2cccnc2Br)c1C. The van der Waals surface area contributed by atoms with Crippen LogP contribution in [0.3, 0.4) is 0 Å². The second-order valence-corrected chi connectivity index (χ2v) is 4.81. The highest BCUT2D eigenvalue weighted by atomic mass is 79.9. The van der Waals surface area contributed by atoms with Crippen LogP contribution in [-0.2, 0) is 6.54 Å². The summed E-state index contributed by atoms with van der Waals surface area (Å²) in [7, 11) is 0. The molecule has 2 rings (SSSR count). The van der Waals surface area contributed by atoms with Gasteiger partial charge in [0.1, 0.15) is 4.60 Å². The van der Waals surface area contributed by atoms with E-state index in [1.54, 1.807) is 6.20 Å². The fraction of sp³-hybridized carbons (Fsp3) is 0.214. The summed E-state index contributed by atoms with van der Waals surface area (Å²) in [5.41, 5.74) is 5.02. The summed E-state index contributed by atoms with van der Waals surface area (Å²) in [6, 6.07) is 10.3. The fourth-order valence-corrected chi connectivity index (χ4v) is 2.10. The van der Waals surface area contributed by atoms with Crippen LogP contribution < -0.4 is 5.32 Å². The predicted molar refractivity (Wildman–Crippen MR) is 75.2 cm³/mol. The third-order valence-corrected chi connectivity index (χ3v) is 3.58. The van der Waals surface area contributed by atoms with Gasteiger partial charge in [0.15, 0.2) is 0 Å². The fourth-order valence-electron chi connectivity index (χ4n) is 1.71. The van der Waals surface area contributed by atoms with Crippen molar-refractivity contribution in [3.8, 4) is 0 Å². The van der Waals surface area contributed by atoms with Gasteiger partial charge in [-0.1, -0.05) is 18.2 Å². The molecule has 1 aromatic heterocycles. The van der Waals surface area contributed by atoms with Crippen LogP contribution in [0.2, 0.25) is 0 Å². The minimum atomic E-state index is 0.817. The van der Waals surface area contributed by atoms with Gasteiger partial charge in [0, 0.05) is 12.7 Å². The van der Waals surface area contributed by atoms with Gasteiger partial charge >= 0.3 is 0 Å². The molecule has 1 aromatic carbocycles. The van der Waals surface area contributed by atoms with E-state index in [-0.39, 0.29) is 0 Å². The van der Waals surface area contributed by atoms with Crippen molar-refractivity contribution in [2.75, 3.05) is 5.32 Å². The van der Waals surface area contributed by atoms with E-state index >= 15 is 0 Å². The predicted octanol–water partition coefficient (Wildman–Crippen LogP) is 4.07. The normalized spacial score (nSPS) is 10.3. The lowest BCUT2D eigenvalue weighted by Crippen LogP contribution is -2.03. The second-order valence-electron chi connectivity index (χ2n) is 4.05. The number of nitrogens with zero attached hydrogens (tertiary/aromatic N) is 1. The second kappa shape index (κ2) is 5.32. The minimum absolute atomic E-state index is 0.817. The molecule has 88 valence electrons. The molecule has 0 amide bonds. The van der Waals surface area contributed by atoms with Crippen LogP contribution in [0.1, 0.15) is 16.7 Å². The third kappa shape index (κ3) is 2.86. The molecular weight excluding hydrogens is 276 g/mol. The van der Waals surface area contributed by atoms with Crippen LogP contribution in [-0.4, -0.2) is 4.98 Å². The Morgan fingerprint density at radius 3 is 2.76 bits per heavy atom. The molecule has 17 heavy (non-hydrogen) atoms. The van der Waals surface area contributed by atoms with Gasteiger partial charge in [-0.25, -0.2) is 4.98 Å². The monoisotopic (exact) mass is 290 g/mol. The Labute approximate surface area is 110 Å². The van der Waals surface area contributed by atoms with Gasteiger partial charge < -0.3 is 5.32 Å². The first-order valence-electron chi connectivity index (χ1n) is 5.58. The molecule has 0 bridgehead atoms. The molecule has 1 heterocycles. The maximum absolute atomic E-state index is 4.19. The van der Waals surface area contributed by atoms with E-state index in [9.17, 15) is 0 Å². The van der Waals surface area contributed by atoms with Gasteiger partial charge in [0.2, 0.25) is 0 Å². The Kier molecular flexibility index (Phi) is 3.79. The summed E-state index contributed by atoms with van der Waals surface area (Å²) in [5.74, 6) is 0. The van der Waals surface area contributed by atoms with Gasteiger partial charge in [0.05, 0.1) is 5.69 Å². The average Bonchev–Trinajstić information content (AvgIpc) is 2.33. The van der Waals surface area contributed by atoms with Crippen LogP contribution in [0.15, 0.2) is 41.1 Å². The lowest BCUT2D eigenvalue weighted by Gasteiger charge is -2.11. The van der Waals surface area contributed by atoms with Gasteiger partial charge in [-0.05, 0) is 58.6 Å². The third-order valence-electron chi connectivity index (χ3n) is 2.95. The number of aryl methyl sites for hydroxylation is 1. The highest BCUT2D eigenvalue weighted by Gasteiger charge is 2.02. The number of aromatic nitrogens is 1. The molecule has 0 unspecified atom stereocenters. The Balaban J connectivity index is 2.13. The number of benzene rings is 1. The molecule has 0 saturated carbocycles. The van der Waals surface area contributed by atoms with E-state index in [0.717, 1.165) is 16.8 Å². The number of pyridine rings is 1. The largest absolute Gasteiger partial charge is 0.379 e. The lowest BCUT2D eigenvalue weighted by molar-refractivity contribution is 1.09. The topological polar surface area (TPSA) is 24.9 Å². The molecule has 3 heteroatoms. The van der Waals surface area contributed by atoms with Crippen molar-refractivity contribution < 1.29 is 0 Å². The summed E-state index contributed by atoms with van der Waals surface area (Å²) < 4.78 is 0.852. The van der Waals surface area contributed by atoms with Crippen LogP contribution in [0.4, 0.5) is 5.69 Å². The number of nitrogens with one attached hydrogen (secondary N) is 1. The minimum Gasteiger partial charge on any atom is -0.379 e. The Morgan fingerprint density at radius 2 is 2.00 bits per heavy atom. The quantitative estimate of drug-likeness (QED) is 0.862. The van der Waals surface area contributed by atoms with Gasteiger partial charge in [-0.15, -0.1) is 0 Å². The highest BCUT2D eigenvalue weighted by Crippen LogP contribution is 2.20. The summed E-state index contributed by atoms with van der Waals surface area (Å²) in [6.45, 7) is 5.11. The van der Waals surface area contributed by atoms with Crippen molar-refractivity contribution in [3.63, 3.8) is 0 Å². The molecule has 0 atom stereocenters. The molecule has 0 fully saturated rings. The number of rotatable bonds is 3. The summed E-state index contributed by atoms with van der Waals surface area (Å²) in [6.07, 6.45) is 1.77. The molecule has 0 aliphatic carbocycles. The molecule has 2 aromatic rings. The Hall–Kier alpha value is -1.35. The van der Waals surface area contributed by atoms with E-state index in [1.165, 1.54) is 16.7 Å². The highest BCUT2D eigenvalue weighted by molar-refractivity contribution is 9.10.